The van der Waals surface area contributed by atoms with Gasteiger partial charge in [0.1, 0.15) is 0 Å². The first kappa shape index (κ1) is 30.8. The van der Waals surface area contributed by atoms with Gasteiger partial charge in [0, 0.05) is 49.1 Å². The second kappa shape index (κ2) is 11.3. The van der Waals surface area contributed by atoms with E-state index in [1.807, 2.05) is 20.8 Å². The quantitative estimate of drug-likeness (QED) is 0.434. The second-order valence-corrected chi connectivity index (χ2v) is 11.9. The summed E-state index contributed by atoms with van der Waals surface area (Å²) >= 11 is 0. The van der Waals surface area contributed by atoms with Gasteiger partial charge in [-0.25, -0.2) is 8.78 Å². The monoisotopic (exact) mass is 582 g/mol. The molecule has 2 fully saturated rings. The Bertz CT molecular complexity index is 1220. The number of carbonyl (C=O) groups excluding carboxylic acids is 2. The van der Waals surface area contributed by atoms with Gasteiger partial charge in [-0.15, -0.1) is 0 Å². The average Bonchev–Trinajstić information content (AvgIpc) is 3.33. The number of aromatic nitrogens is 1. The molecule has 2 aromatic rings. The Kier molecular flexibility index (Phi) is 8.48. The lowest BCUT2D eigenvalue weighted by molar-refractivity contribution is -0.198. The number of amides is 2. The summed E-state index contributed by atoms with van der Waals surface area (Å²) in [4.78, 5) is 32.4. The highest BCUT2D eigenvalue weighted by molar-refractivity contribution is 6.07. The van der Waals surface area contributed by atoms with Crippen molar-refractivity contribution < 1.29 is 36.6 Å². The number of anilines is 1. The highest BCUT2D eigenvalue weighted by atomic mass is 19.4. The number of aliphatic hydroxyl groups is 1. The minimum atomic E-state index is -5.38. The number of pyridine rings is 1. The molecule has 2 amide bonds. The lowest BCUT2D eigenvalue weighted by atomic mass is 9.83. The maximum absolute atomic E-state index is 15.6. The third-order valence-corrected chi connectivity index (χ3v) is 7.82. The van der Waals surface area contributed by atoms with E-state index in [4.69, 9.17) is 0 Å². The van der Waals surface area contributed by atoms with Gasteiger partial charge in [0.05, 0.1) is 12.1 Å². The Labute approximate surface area is 235 Å². The van der Waals surface area contributed by atoms with Gasteiger partial charge in [-0.3, -0.25) is 19.5 Å². The molecule has 1 aromatic carbocycles. The van der Waals surface area contributed by atoms with Crippen LogP contribution in [-0.4, -0.2) is 58.7 Å². The molecule has 3 N–H and O–H groups in total. The number of hydrogen-bond donors (Lipinski definition) is 3. The van der Waals surface area contributed by atoms with Crippen LogP contribution in [-0.2, 0) is 20.5 Å². The molecule has 2 aliphatic rings. The molecule has 1 aliphatic carbocycles. The van der Waals surface area contributed by atoms with Crippen molar-refractivity contribution in [3.63, 3.8) is 0 Å². The Morgan fingerprint density at radius 2 is 1.68 bits per heavy atom. The number of halogens is 5. The molecule has 1 aromatic heterocycles. The Morgan fingerprint density at radius 1 is 1.05 bits per heavy atom. The minimum absolute atomic E-state index is 0.0123. The molecule has 1 aliphatic heterocycles. The zero-order chi connectivity index (χ0) is 30.2. The van der Waals surface area contributed by atoms with E-state index in [0.717, 1.165) is 17.8 Å². The number of carbonyl (C=O) groups is 2. The number of alkyl halides is 5. The number of benzene rings is 1. The van der Waals surface area contributed by atoms with Crippen LogP contribution >= 0.6 is 0 Å². The molecule has 1 saturated carbocycles. The summed E-state index contributed by atoms with van der Waals surface area (Å²) < 4.78 is 74.5. The van der Waals surface area contributed by atoms with Crippen molar-refractivity contribution >= 4 is 17.5 Å². The standard InChI is InChI=1S/C29H35F5N4O3/c1-26(2,3)18-6-8-21(9-7-18)38(24(40)23-15-22(39)17-36-23)28(29(32,33)34,19-5-4-14-35-16-19)25(41)37-20-10-12-27(30,31)13-11-20/h4-9,14,16,20,22-23,36,39H,10-13,15,17H2,1-3H3,(H,37,41). The van der Waals surface area contributed by atoms with Crippen LogP contribution in [0.2, 0.25) is 0 Å². The van der Waals surface area contributed by atoms with Crippen LogP contribution in [0.25, 0.3) is 0 Å². The highest BCUT2D eigenvalue weighted by Crippen LogP contribution is 2.47. The smallest absolute Gasteiger partial charge is 0.392 e. The number of aliphatic hydroxyl groups excluding tert-OH is 1. The first-order valence-corrected chi connectivity index (χ1v) is 13.6. The third-order valence-electron chi connectivity index (χ3n) is 7.82. The highest BCUT2D eigenvalue weighted by Gasteiger charge is 2.68. The topological polar surface area (TPSA) is 94.6 Å². The largest absolute Gasteiger partial charge is 0.425 e. The van der Waals surface area contributed by atoms with E-state index >= 15 is 13.2 Å². The maximum Gasteiger partial charge on any atom is 0.425 e. The first-order chi connectivity index (χ1) is 19.1. The van der Waals surface area contributed by atoms with Gasteiger partial charge >= 0.3 is 6.18 Å². The Balaban J connectivity index is 1.91. The number of nitrogens with one attached hydrogen (secondary N) is 2. The number of β-amino-alcohol motifs (C(OH)–C–C–N with tert-alkyl or cyclic N) is 1. The fraction of sp³-hybridized carbons (Fsp3) is 0.552. The van der Waals surface area contributed by atoms with Gasteiger partial charge in [-0.2, -0.15) is 13.2 Å². The van der Waals surface area contributed by atoms with Gasteiger partial charge in [-0.05, 0) is 48.4 Å². The molecule has 2 heterocycles. The summed E-state index contributed by atoms with van der Waals surface area (Å²) in [5, 5.41) is 15.2. The van der Waals surface area contributed by atoms with Crippen molar-refractivity contribution in [3.05, 3.63) is 59.9 Å². The van der Waals surface area contributed by atoms with Crippen LogP contribution < -0.4 is 15.5 Å². The van der Waals surface area contributed by atoms with Gasteiger partial charge in [0.2, 0.25) is 17.4 Å². The molecule has 41 heavy (non-hydrogen) atoms. The molecule has 12 heteroatoms. The third kappa shape index (κ3) is 6.23. The molecule has 224 valence electrons. The first-order valence-electron chi connectivity index (χ1n) is 13.6. The zero-order valence-corrected chi connectivity index (χ0v) is 23.1. The second-order valence-electron chi connectivity index (χ2n) is 11.9. The number of rotatable bonds is 6. The van der Waals surface area contributed by atoms with Crippen molar-refractivity contribution in [1.29, 1.82) is 0 Å². The van der Waals surface area contributed by atoms with E-state index in [2.05, 4.69) is 15.6 Å². The number of hydrogen-bond acceptors (Lipinski definition) is 5. The van der Waals surface area contributed by atoms with Crippen LogP contribution in [0.4, 0.5) is 27.6 Å². The van der Waals surface area contributed by atoms with Crippen LogP contribution in [0.3, 0.4) is 0 Å². The van der Waals surface area contributed by atoms with Crippen molar-refractivity contribution in [3.8, 4) is 0 Å². The summed E-state index contributed by atoms with van der Waals surface area (Å²) in [6.07, 6.45) is -5.98. The summed E-state index contributed by atoms with van der Waals surface area (Å²) in [6, 6.07) is 6.03. The van der Waals surface area contributed by atoms with Crippen molar-refractivity contribution in [2.75, 3.05) is 11.4 Å². The van der Waals surface area contributed by atoms with Crippen LogP contribution in [0.15, 0.2) is 48.8 Å². The molecule has 3 unspecified atom stereocenters. The van der Waals surface area contributed by atoms with Crippen molar-refractivity contribution in [2.45, 2.75) is 94.1 Å². The maximum atomic E-state index is 15.6. The average molecular weight is 583 g/mol. The van der Waals surface area contributed by atoms with Gasteiger partial charge < -0.3 is 15.7 Å². The summed E-state index contributed by atoms with van der Waals surface area (Å²) in [6.45, 7) is 5.75. The van der Waals surface area contributed by atoms with E-state index in [-0.39, 0.29) is 36.9 Å². The summed E-state index contributed by atoms with van der Waals surface area (Å²) in [5.41, 5.74) is -3.98. The molecule has 4 rings (SSSR count). The molecular formula is C29H35F5N4O3. The van der Waals surface area contributed by atoms with Crippen LogP contribution in [0, 0.1) is 0 Å². The number of nitrogens with zero attached hydrogens (tertiary/aromatic N) is 2. The Morgan fingerprint density at radius 3 is 2.17 bits per heavy atom. The fourth-order valence-electron chi connectivity index (χ4n) is 5.49. The van der Waals surface area contributed by atoms with E-state index in [0.29, 0.717) is 4.90 Å². The van der Waals surface area contributed by atoms with Gasteiger partial charge in [0.25, 0.3) is 5.91 Å². The van der Waals surface area contributed by atoms with Crippen molar-refractivity contribution in [2.24, 2.45) is 0 Å². The zero-order valence-electron chi connectivity index (χ0n) is 23.1. The lowest BCUT2D eigenvalue weighted by Crippen LogP contribution is -2.69. The molecule has 3 atom stereocenters. The predicted molar refractivity (Wildman–Crippen MR) is 142 cm³/mol. The summed E-state index contributed by atoms with van der Waals surface area (Å²) in [5.74, 6) is -5.60. The lowest BCUT2D eigenvalue weighted by Gasteiger charge is -2.45. The molecule has 1 saturated heterocycles. The molecule has 7 nitrogen and oxygen atoms in total. The molecule has 0 radical (unpaired) electrons. The van der Waals surface area contributed by atoms with E-state index in [1.54, 1.807) is 12.1 Å². The van der Waals surface area contributed by atoms with Crippen molar-refractivity contribution in [1.82, 2.24) is 15.6 Å². The van der Waals surface area contributed by atoms with Gasteiger partial charge in [-0.1, -0.05) is 39.0 Å². The molecule has 0 bridgehead atoms. The predicted octanol–water partition coefficient (Wildman–Crippen LogP) is 4.59. The Hall–Kier alpha value is -3.12. The normalized spacial score (nSPS) is 23.0. The van der Waals surface area contributed by atoms with Crippen LogP contribution in [0.5, 0.6) is 0 Å². The molecular weight excluding hydrogens is 547 g/mol. The van der Waals surface area contributed by atoms with E-state index in [1.165, 1.54) is 24.4 Å². The molecule has 0 spiro atoms. The van der Waals surface area contributed by atoms with Gasteiger partial charge in [0.15, 0.2) is 0 Å². The van der Waals surface area contributed by atoms with Crippen LogP contribution in [0.1, 0.15) is 64.0 Å². The fourth-order valence-corrected chi connectivity index (χ4v) is 5.49. The SMILES string of the molecule is CC(C)(C)c1ccc(N(C(=O)C2CC(O)CN2)C(C(=O)NC2CCC(F)(F)CC2)(c2cccnc2)C(F)(F)F)cc1. The summed E-state index contributed by atoms with van der Waals surface area (Å²) in [7, 11) is 0. The van der Waals surface area contributed by atoms with E-state index in [9.17, 15) is 23.5 Å². The van der Waals surface area contributed by atoms with E-state index < -0.39 is 66.0 Å². The minimum Gasteiger partial charge on any atom is -0.392 e.